The van der Waals surface area contributed by atoms with Crippen molar-refractivity contribution >= 4 is 16.9 Å². The molecule has 0 spiro atoms. The van der Waals surface area contributed by atoms with Crippen molar-refractivity contribution < 1.29 is 14.3 Å². The largest absolute Gasteiger partial charge is 0.497 e. The SMILES string of the molecule is COC(=O)C1CCC(c2ccc3cc(OC)ccc3n2)CC1. The van der Waals surface area contributed by atoms with Gasteiger partial charge in [-0.05, 0) is 49.9 Å². The summed E-state index contributed by atoms with van der Waals surface area (Å²) in [5.41, 5.74) is 2.12. The number of rotatable bonds is 3. The molecule has 3 rings (SSSR count). The van der Waals surface area contributed by atoms with Crippen molar-refractivity contribution in [3.63, 3.8) is 0 Å². The maximum Gasteiger partial charge on any atom is 0.308 e. The van der Waals surface area contributed by atoms with Crippen molar-refractivity contribution in [2.24, 2.45) is 5.92 Å². The molecular weight excluding hydrogens is 278 g/mol. The number of ether oxygens (including phenoxy) is 2. The molecule has 1 aliphatic rings. The van der Waals surface area contributed by atoms with Gasteiger partial charge in [0.1, 0.15) is 5.75 Å². The van der Waals surface area contributed by atoms with Crippen LogP contribution in [0.2, 0.25) is 0 Å². The van der Waals surface area contributed by atoms with Crippen molar-refractivity contribution in [2.75, 3.05) is 14.2 Å². The summed E-state index contributed by atoms with van der Waals surface area (Å²) < 4.78 is 10.1. The quantitative estimate of drug-likeness (QED) is 0.811. The first-order valence-corrected chi connectivity index (χ1v) is 7.74. The molecule has 22 heavy (non-hydrogen) atoms. The van der Waals surface area contributed by atoms with Crippen LogP contribution in [-0.2, 0) is 9.53 Å². The highest BCUT2D eigenvalue weighted by molar-refractivity contribution is 5.80. The number of carbonyl (C=O) groups is 1. The van der Waals surface area contributed by atoms with Crippen LogP contribution in [0.5, 0.6) is 5.75 Å². The van der Waals surface area contributed by atoms with E-state index in [4.69, 9.17) is 14.5 Å². The van der Waals surface area contributed by atoms with Crippen LogP contribution in [0.1, 0.15) is 37.3 Å². The van der Waals surface area contributed by atoms with Gasteiger partial charge in [-0.25, -0.2) is 0 Å². The fourth-order valence-electron chi connectivity index (χ4n) is 3.27. The molecule has 1 fully saturated rings. The normalized spacial score (nSPS) is 21.5. The molecule has 1 saturated carbocycles. The van der Waals surface area contributed by atoms with Crippen molar-refractivity contribution in [3.05, 3.63) is 36.0 Å². The number of esters is 1. The second-order valence-corrected chi connectivity index (χ2v) is 5.87. The number of pyridine rings is 1. The molecule has 1 aromatic heterocycles. The van der Waals surface area contributed by atoms with Crippen molar-refractivity contribution in [3.8, 4) is 5.75 Å². The van der Waals surface area contributed by atoms with Crippen LogP contribution in [0, 0.1) is 5.92 Å². The highest BCUT2D eigenvalue weighted by Crippen LogP contribution is 2.36. The van der Waals surface area contributed by atoms with Crippen LogP contribution in [-0.4, -0.2) is 25.2 Å². The molecule has 0 N–H and O–H groups in total. The summed E-state index contributed by atoms with van der Waals surface area (Å²) in [5, 5.41) is 1.09. The summed E-state index contributed by atoms with van der Waals surface area (Å²) >= 11 is 0. The molecule has 0 unspecified atom stereocenters. The fourth-order valence-corrected chi connectivity index (χ4v) is 3.27. The second-order valence-electron chi connectivity index (χ2n) is 5.87. The highest BCUT2D eigenvalue weighted by atomic mass is 16.5. The molecule has 4 nitrogen and oxygen atoms in total. The Morgan fingerprint density at radius 1 is 1.09 bits per heavy atom. The molecule has 1 aromatic carbocycles. The Balaban J connectivity index is 1.76. The highest BCUT2D eigenvalue weighted by Gasteiger charge is 2.28. The van der Waals surface area contributed by atoms with E-state index in [2.05, 4.69) is 12.1 Å². The molecule has 116 valence electrons. The molecular formula is C18H21NO3. The van der Waals surface area contributed by atoms with Crippen molar-refractivity contribution in [1.29, 1.82) is 0 Å². The van der Waals surface area contributed by atoms with Gasteiger partial charge in [-0.2, -0.15) is 0 Å². The number of benzene rings is 1. The lowest BCUT2D eigenvalue weighted by Crippen LogP contribution is -2.22. The maximum atomic E-state index is 11.6. The lowest BCUT2D eigenvalue weighted by Gasteiger charge is -2.26. The number of nitrogens with zero attached hydrogens (tertiary/aromatic N) is 1. The predicted molar refractivity (Wildman–Crippen MR) is 85.0 cm³/mol. The van der Waals surface area contributed by atoms with Gasteiger partial charge in [0.15, 0.2) is 0 Å². The second kappa shape index (κ2) is 6.34. The van der Waals surface area contributed by atoms with E-state index in [0.717, 1.165) is 48.0 Å². The number of methoxy groups -OCH3 is 2. The molecule has 0 atom stereocenters. The van der Waals surface area contributed by atoms with E-state index in [1.165, 1.54) is 7.11 Å². The van der Waals surface area contributed by atoms with Gasteiger partial charge in [0.05, 0.1) is 25.7 Å². The van der Waals surface area contributed by atoms with E-state index >= 15 is 0 Å². The molecule has 0 saturated heterocycles. The Bertz CT molecular complexity index is 675. The van der Waals surface area contributed by atoms with Gasteiger partial charge < -0.3 is 9.47 Å². The number of hydrogen-bond acceptors (Lipinski definition) is 4. The van der Waals surface area contributed by atoms with Crippen LogP contribution in [0.3, 0.4) is 0 Å². The van der Waals surface area contributed by atoms with E-state index < -0.39 is 0 Å². The molecule has 0 radical (unpaired) electrons. The van der Waals surface area contributed by atoms with Crippen LogP contribution < -0.4 is 4.74 Å². The Kier molecular flexibility index (Phi) is 4.27. The van der Waals surface area contributed by atoms with Gasteiger partial charge in [-0.1, -0.05) is 6.07 Å². The summed E-state index contributed by atoms with van der Waals surface area (Å²) in [6, 6.07) is 10.1. The standard InChI is InChI=1S/C18H21NO3/c1-21-15-8-10-17-14(11-15)7-9-16(19-17)12-3-5-13(6-4-12)18(20)22-2/h7-13H,3-6H2,1-2H3. The maximum absolute atomic E-state index is 11.6. The summed E-state index contributed by atoms with van der Waals surface area (Å²) in [7, 11) is 3.14. The summed E-state index contributed by atoms with van der Waals surface area (Å²) in [5.74, 6) is 1.27. The van der Waals surface area contributed by atoms with Crippen LogP contribution >= 0.6 is 0 Å². The number of aromatic nitrogens is 1. The molecule has 1 heterocycles. The zero-order chi connectivity index (χ0) is 15.5. The Labute approximate surface area is 130 Å². The van der Waals surface area contributed by atoms with Crippen molar-refractivity contribution in [2.45, 2.75) is 31.6 Å². The molecule has 2 aromatic rings. The Morgan fingerprint density at radius 2 is 1.86 bits per heavy atom. The summed E-state index contributed by atoms with van der Waals surface area (Å²) in [4.78, 5) is 16.4. The topological polar surface area (TPSA) is 48.4 Å². The smallest absolute Gasteiger partial charge is 0.308 e. The summed E-state index contributed by atoms with van der Waals surface area (Å²) in [6.07, 6.45) is 3.77. The van der Waals surface area contributed by atoms with Gasteiger partial charge >= 0.3 is 5.97 Å². The lowest BCUT2D eigenvalue weighted by atomic mass is 9.80. The third kappa shape index (κ3) is 2.91. The van der Waals surface area contributed by atoms with Gasteiger partial charge in [0, 0.05) is 17.0 Å². The third-order valence-corrected chi connectivity index (χ3v) is 4.60. The lowest BCUT2D eigenvalue weighted by molar-refractivity contribution is -0.146. The van der Waals surface area contributed by atoms with E-state index in [-0.39, 0.29) is 11.9 Å². The van der Waals surface area contributed by atoms with Gasteiger partial charge in [-0.3, -0.25) is 9.78 Å². The first-order chi connectivity index (χ1) is 10.7. The number of carbonyl (C=O) groups excluding carboxylic acids is 1. The molecule has 0 aliphatic heterocycles. The van der Waals surface area contributed by atoms with Crippen molar-refractivity contribution in [1.82, 2.24) is 4.98 Å². The van der Waals surface area contributed by atoms with Gasteiger partial charge in [-0.15, -0.1) is 0 Å². The van der Waals surface area contributed by atoms with Gasteiger partial charge in [0.2, 0.25) is 0 Å². The van der Waals surface area contributed by atoms with E-state index in [1.807, 2.05) is 18.2 Å². The minimum Gasteiger partial charge on any atom is -0.497 e. The Hall–Kier alpha value is -2.10. The third-order valence-electron chi connectivity index (χ3n) is 4.60. The van der Waals surface area contributed by atoms with Crippen LogP contribution in [0.15, 0.2) is 30.3 Å². The summed E-state index contributed by atoms with van der Waals surface area (Å²) in [6.45, 7) is 0. The minimum absolute atomic E-state index is 0.0611. The van der Waals surface area contributed by atoms with Gasteiger partial charge in [0.25, 0.3) is 0 Å². The number of hydrogen-bond donors (Lipinski definition) is 0. The Morgan fingerprint density at radius 3 is 2.55 bits per heavy atom. The average Bonchev–Trinajstić information content (AvgIpc) is 2.60. The predicted octanol–water partition coefficient (Wildman–Crippen LogP) is 3.69. The first-order valence-electron chi connectivity index (χ1n) is 7.74. The zero-order valence-corrected chi connectivity index (χ0v) is 13.0. The molecule has 1 aliphatic carbocycles. The zero-order valence-electron chi connectivity index (χ0n) is 13.0. The van der Waals surface area contributed by atoms with E-state index in [1.54, 1.807) is 7.11 Å². The van der Waals surface area contributed by atoms with E-state index in [0.29, 0.717) is 5.92 Å². The first kappa shape index (κ1) is 14.8. The fraction of sp³-hybridized carbons (Fsp3) is 0.444. The molecule has 4 heteroatoms. The van der Waals surface area contributed by atoms with Crippen LogP contribution in [0.25, 0.3) is 10.9 Å². The molecule has 0 bridgehead atoms. The monoisotopic (exact) mass is 299 g/mol. The average molecular weight is 299 g/mol. The van der Waals surface area contributed by atoms with E-state index in [9.17, 15) is 4.79 Å². The molecule has 0 amide bonds. The number of fused-ring (bicyclic) bond motifs is 1. The minimum atomic E-state index is -0.0722. The van der Waals surface area contributed by atoms with Crippen LogP contribution in [0.4, 0.5) is 0 Å².